The second-order valence-corrected chi connectivity index (χ2v) is 31.5. The van der Waals surface area contributed by atoms with Crippen LogP contribution in [-0.4, -0.2) is 139 Å². The molecule has 0 bridgehead atoms. The number of aryl methyl sites for hydroxylation is 11. The van der Waals surface area contributed by atoms with Crippen LogP contribution in [0.2, 0.25) is 15.1 Å². The molecule has 124 heavy (non-hydrogen) atoms. The standard InChI is InChI=1S/C24H24Cl2N4O3.C23H23FN4O3.C23H24N4O4.C22H21ClN4O2/c1-5-13-10-15(7-9-18(13)33-4)23(31)27-21-20(14-6-8-16(25)17(26)11-14)19-12(2)29-30(3)22(19)28-24(21)32;1-12-5-7-14(8-6-12)22(29)25-20-19(15-9-10-17(31-4)16(24)11-15)18-13(2)27-28(3)21(18)26-23(20)30;1-13-18-19(15-10-11-16(30-3)17(12-15)31-4)20(23(29)25-21(18)27(2)26-13)24-22(28)14-8-6-5-7-9-14;1-12-7-9-14(10-8-12)21(28)24-19-18(15-5-4-6-16(23)11-15)17-13(2)26-27(3)20(17)25-22(19)29/h6-11,20-21H,5H2,1-4H3,(H,27,31)(H,28,32);5-11,19-20H,1-4H3,(H,25,29)(H,26,30);5-12,19-20H,1-4H3,(H,24,28)(H,25,29);4-11,18-19H,1-3H3,(H,24,28)(H,25,29)/t20-,21+;2*19-,20+;18-,19+/m1111/s1. The van der Waals surface area contributed by atoms with Gasteiger partial charge in [0.25, 0.3) is 23.6 Å². The van der Waals surface area contributed by atoms with E-state index in [1.807, 2.05) is 115 Å². The van der Waals surface area contributed by atoms with Gasteiger partial charge in [-0.2, -0.15) is 20.4 Å². The molecule has 0 aliphatic carbocycles. The predicted octanol–water partition coefficient (Wildman–Crippen LogP) is 13.8. The molecular formula is C92H92Cl3FN16O12. The number of carbonyl (C=O) groups excluding carboxylic acids is 8. The van der Waals surface area contributed by atoms with Crippen molar-refractivity contribution in [1.29, 1.82) is 0 Å². The highest BCUT2D eigenvalue weighted by molar-refractivity contribution is 6.42. The summed E-state index contributed by atoms with van der Waals surface area (Å²) < 4.78 is 42.3. The predicted molar refractivity (Wildman–Crippen MR) is 470 cm³/mol. The first-order valence-electron chi connectivity index (χ1n) is 39.6. The monoisotopic (exact) mass is 1740 g/mol. The van der Waals surface area contributed by atoms with Gasteiger partial charge in [0.15, 0.2) is 23.1 Å². The van der Waals surface area contributed by atoms with Gasteiger partial charge in [-0.15, -0.1) is 0 Å². The fourth-order valence-corrected chi connectivity index (χ4v) is 16.8. The second-order valence-electron chi connectivity index (χ2n) is 30.3. The first-order chi connectivity index (χ1) is 59.3. The van der Waals surface area contributed by atoms with Gasteiger partial charge in [-0.05, 0) is 179 Å². The molecule has 0 saturated carbocycles. The van der Waals surface area contributed by atoms with Crippen LogP contribution in [0.3, 0.4) is 0 Å². The van der Waals surface area contributed by atoms with Crippen molar-refractivity contribution in [1.82, 2.24) is 60.4 Å². The Bertz CT molecular complexity index is 6150. The van der Waals surface area contributed by atoms with Crippen LogP contribution in [0.15, 0.2) is 176 Å². The van der Waals surface area contributed by atoms with Gasteiger partial charge in [-0.1, -0.05) is 126 Å². The molecule has 4 aliphatic heterocycles. The number of hydrogen-bond donors (Lipinski definition) is 8. The van der Waals surface area contributed by atoms with E-state index in [0.717, 1.165) is 72.7 Å². The van der Waals surface area contributed by atoms with Gasteiger partial charge in [0.1, 0.15) is 53.2 Å². The van der Waals surface area contributed by atoms with Gasteiger partial charge in [0.05, 0.1) is 61.3 Å². The zero-order valence-electron chi connectivity index (χ0n) is 70.6. The molecule has 0 radical (unpaired) electrons. The summed E-state index contributed by atoms with van der Waals surface area (Å²) in [5.74, 6) is -0.873. The third-order valence-corrected chi connectivity index (χ3v) is 23.3. The molecule has 8 atom stereocenters. The highest BCUT2D eigenvalue weighted by Crippen LogP contribution is 2.46. The quantitative estimate of drug-likeness (QED) is 0.0420. The number of ether oxygens (including phenoxy) is 4. The van der Waals surface area contributed by atoms with Crippen LogP contribution in [0.1, 0.15) is 156 Å². The van der Waals surface area contributed by atoms with E-state index in [2.05, 4.69) is 62.9 Å². The number of methoxy groups -OCH3 is 4. The Kier molecular flexibility index (Phi) is 26.6. The molecule has 32 heteroatoms. The van der Waals surface area contributed by atoms with E-state index >= 15 is 0 Å². The van der Waals surface area contributed by atoms with Crippen molar-refractivity contribution in [2.75, 3.05) is 49.7 Å². The third kappa shape index (κ3) is 18.1. The van der Waals surface area contributed by atoms with Gasteiger partial charge in [-0.25, -0.2) is 4.39 Å². The highest BCUT2D eigenvalue weighted by Gasteiger charge is 2.46. The number of benzene rings is 8. The molecular weight excluding hydrogens is 1650 g/mol. The molecule has 28 nitrogen and oxygen atoms in total. The number of nitrogens with zero attached hydrogens (tertiary/aromatic N) is 8. The zero-order valence-corrected chi connectivity index (χ0v) is 72.8. The molecule has 8 amide bonds. The van der Waals surface area contributed by atoms with Crippen molar-refractivity contribution < 1.29 is 61.7 Å². The Morgan fingerprint density at radius 2 is 0.710 bits per heavy atom. The van der Waals surface area contributed by atoms with Crippen molar-refractivity contribution in [2.24, 2.45) is 28.2 Å². The summed E-state index contributed by atoms with van der Waals surface area (Å²) in [5.41, 5.74) is 14.1. The number of fused-ring (bicyclic) bond motifs is 4. The van der Waals surface area contributed by atoms with Gasteiger partial charge in [0, 0.05) is 101 Å². The van der Waals surface area contributed by atoms with Crippen LogP contribution in [0, 0.1) is 47.4 Å². The Morgan fingerprint density at radius 3 is 1.08 bits per heavy atom. The maximum atomic E-state index is 14.5. The molecule has 0 unspecified atom stereocenters. The van der Waals surface area contributed by atoms with Crippen molar-refractivity contribution >= 4 is 105 Å². The number of nitrogens with one attached hydrogen (secondary N) is 8. The van der Waals surface area contributed by atoms with Gasteiger partial charge < -0.3 is 61.5 Å². The first kappa shape index (κ1) is 88.2. The average molecular weight is 1740 g/mol. The van der Waals surface area contributed by atoms with Crippen molar-refractivity contribution in [3.63, 3.8) is 0 Å². The fraction of sp³-hybridized carbons (Fsp3) is 0.261. The van der Waals surface area contributed by atoms with Gasteiger partial charge in [0.2, 0.25) is 23.6 Å². The fourth-order valence-electron chi connectivity index (χ4n) is 16.3. The summed E-state index contributed by atoms with van der Waals surface area (Å²) in [4.78, 5) is 104. The molecule has 0 saturated heterocycles. The Hall–Kier alpha value is -13.6. The largest absolute Gasteiger partial charge is 0.496 e. The molecule has 8 aromatic carbocycles. The lowest BCUT2D eigenvalue weighted by atomic mass is 9.81. The molecule has 4 aliphatic rings. The average Bonchev–Trinajstić information content (AvgIpc) is 1.57. The topological polar surface area (TPSA) is 341 Å². The zero-order chi connectivity index (χ0) is 89.0. The normalized spacial score (nSPS) is 17.6. The summed E-state index contributed by atoms with van der Waals surface area (Å²) in [6, 6.07) is 47.5. The van der Waals surface area contributed by atoms with Crippen LogP contribution in [-0.2, 0) is 53.8 Å². The maximum Gasteiger partial charge on any atom is 0.251 e. The molecule has 8 heterocycles. The van der Waals surface area contributed by atoms with Crippen molar-refractivity contribution in [3.05, 3.63) is 303 Å². The molecule has 12 aromatic rings. The van der Waals surface area contributed by atoms with Crippen LogP contribution >= 0.6 is 34.8 Å². The van der Waals surface area contributed by atoms with E-state index < -0.39 is 59.6 Å². The van der Waals surface area contributed by atoms with Crippen LogP contribution in [0.5, 0.6) is 23.0 Å². The molecule has 4 aromatic heterocycles. The lowest BCUT2D eigenvalue weighted by molar-refractivity contribution is -0.119. The minimum absolute atomic E-state index is 0.104. The summed E-state index contributed by atoms with van der Waals surface area (Å²) in [5, 5.41) is 42.3. The minimum atomic E-state index is -0.947. The molecule has 0 spiro atoms. The first-order valence-corrected chi connectivity index (χ1v) is 40.7. The van der Waals surface area contributed by atoms with Crippen molar-refractivity contribution in [2.45, 2.75) is 103 Å². The lowest BCUT2D eigenvalue weighted by Crippen LogP contribution is -2.50. The Labute approximate surface area is 729 Å². The molecule has 16 rings (SSSR count). The van der Waals surface area contributed by atoms with Gasteiger partial charge >= 0.3 is 0 Å². The SMILES string of the molecule is CCc1cc(C(=O)N[C@@H]2C(=O)Nc3c(c(C)nn3C)[C@H]2c2ccc(Cl)c(Cl)c2)ccc1OC.COc1ccc([C@@H]2c3c(C)nn(C)c3NC(=O)[C@H]2NC(=O)c2ccc(C)cc2)cc1F.COc1ccc([C@@H]2c3c(C)nn(C)c3NC(=O)[C@H]2NC(=O)c2ccccc2)cc1OC.Cc1ccc(C(=O)N[C@@H]2C(=O)Nc3c(c(C)nn3C)[C@H]2c2cccc(Cl)c2)cc1. The number of anilines is 4. The summed E-state index contributed by atoms with van der Waals surface area (Å²) in [6.07, 6.45) is 0.707. The number of hydrogen-bond acceptors (Lipinski definition) is 16. The number of halogens is 4. The van der Waals surface area contributed by atoms with E-state index in [0.29, 0.717) is 95.5 Å². The highest BCUT2D eigenvalue weighted by atomic mass is 35.5. The Balaban J connectivity index is 0.000000142. The summed E-state index contributed by atoms with van der Waals surface area (Å²) >= 11 is 18.7. The number of carbonyl (C=O) groups is 8. The van der Waals surface area contributed by atoms with E-state index in [-0.39, 0.29) is 47.1 Å². The third-order valence-electron chi connectivity index (χ3n) is 22.3. The van der Waals surface area contributed by atoms with Crippen molar-refractivity contribution in [3.8, 4) is 23.0 Å². The molecule has 8 N–H and O–H groups in total. The minimum Gasteiger partial charge on any atom is -0.496 e. The second kappa shape index (κ2) is 37.4. The number of amides is 8. The van der Waals surface area contributed by atoms with Crippen LogP contribution in [0.4, 0.5) is 27.7 Å². The Morgan fingerprint density at radius 1 is 0.371 bits per heavy atom. The smallest absolute Gasteiger partial charge is 0.251 e. The van der Waals surface area contributed by atoms with Crippen LogP contribution < -0.4 is 61.5 Å². The summed E-state index contributed by atoms with van der Waals surface area (Å²) in [6.45, 7) is 13.3. The maximum absolute atomic E-state index is 14.5. The van der Waals surface area contributed by atoms with E-state index in [1.54, 1.807) is 165 Å². The molecule has 0 fully saturated rings. The van der Waals surface area contributed by atoms with E-state index in [9.17, 15) is 42.7 Å². The number of rotatable bonds is 17. The lowest BCUT2D eigenvalue weighted by Gasteiger charge is -2.33. The van der Waals surface area contributed by atoms with E-state index in [1.165, 1.54) is 19.2 Å². The van der Waals surface area contributed by atoms with Gasteiger partial charge in [-0.3, -0.25) is 57.1 Å². The number of aromatic nitrogens is 8. The van der Waals surface area contributed by atoms with Crippen LogP contribution in [0.25, 0.3) is 0 Å². The molecule has 640 valence electrons. The van der Waals surface area contributed by atoms with E-state index in [4.69, 9.17) is 53.8 Å². The summed E-state index contributed by atoms with van der Waals surface area (Å²) in [7, 11) is 13.2.